The van der Waals surface area contributed by atoms with Gasteiger partial charge in [0.25, 0.3) is 0 Å². The first kappa shape index (κ1) is 93.8. The first-order valence-electron chi connectivity index (χ1n) is 37.1. The second kappa shape index (κ2) is 45.7. The Morgan fingerprint density at radius 3 is 1.34 bits per heavy atom. The van der Waals surface area contributed by atoms with Gasteiger partial charge in [0.05, 0.1) is 25.2 Å². The second-order valence-corrected chi connectivity index (χ2v) is 29.4. The Morgan fingerprint density at radius 1 is 0.407 bits per heavy atom. The molecule has 113 heavy (non-hydrogen) atoms. The third-order valence-corrected chi connectivity index (χ3v) is 17.9. The lowest BCUT2D eigenvalue weighted by molar-refractivity contribution is -0.142. The number of aromatic nitrogens is 1. The van der Waals surface area contributed by atoms with Crippen LogP contribution in [0.25, 0.3) is 10.9 Å². The van der Waals surface area contributed by atoms with Gasteiger partial charge in [-0.1, -0.05) is 116 Å². The molecule has 0 saturated carbocycles. The van der Waals surface area contributed by atoms with Gasteiger partial charge in [-0.15, -0.1) is 0 Å². The number of aliphatic carboxylic acids is 3. The minimum absolute atomic E-state index is 0.0752. The topological polar surface area (TPSA) is 607 Å². The van der Waals surface area contributed by atoms with Gasteiger partial charge in [-0.3, -0.25) is 71.9 Å². The number of fused-ring (bicyclic) bond motifs is 1. The second-order valence-electron chi connectivity index (χ2n) is 29.4. The maximum absolute atomic E-state index is 14.4. The number of primary amides is 1. The summed E-state index contributed by atoms with van der Waals surface area (Å²) in [6.07, 6.45) is -4.84. The van der Waals surface area contributed by atoms with Crippen LogP contribution >= 0.6 is 0 Å². The van der Waals surface area contributed by atoms with Gasteiger partial charge in [-0.2, -0.15) is 0 Å². The van der Waals surface area contributed by atoms with Gasteiger partial charge in [-0.05, 0) is 105 Å². The Bertz CT molecular complexity index is 3960. The number of amides is 13. The Hall–Kier alpha value is -11.6. The molecule has 0 saturated heterocycles. The van der Waals surface area contributed by atoms with Gasteiger partial charge in [0.2, 0.25) is 76.8 Å². The van der Waals surface area contributed by atoms with Crippen LogP contribution in [0.4, 0.5) is 0 Å². The number of phenols is 1. The van der Waals surface area contributed by atoms with E-state index in [4.69, 9.17) is 11.5 Å². The maximum Gasteiger partial charge on any atom is 0.326 e. The molecule has 37 heteroatoms. The zero-order chi connectivity index (χ0) is 84.7. The van der Waals surface area contributed by atoms with Gasteiger partial charge in [-0.25, -0.2) is 4.79 Å². The van der Waals surface area contributed by atoms with Crippen molar-refractivity contribution in [3.05, 3.63) is 102 Å². The van der Waals surface area contributed by atoms with E-state index in [9.17, 15) is 107 Å². The normalized spacial score (nSPS) is 15.1. The van der Waals surface area contributed by atoms with Crippen LogP contribution in [-0.4, -0.2) is 222 Å². The number of carboxylic acid groups (broad SMARTS) is 3. The lowest BCUT2D eigenvalue weighted by Crippen LogP contribution is -2.62. The number of carboxylic acids is 3. The molecule has 0 spiro atoms. The molecule has 0 unspecified atom stereocenters. The number of hydrogen-bond acceptors (Lipinski definition) is 20. The predicted molar refractivity (Wildman–Crippen MR) is 408 cm³/mol. The van der Waals surface area contributed by atoms with Crippen LogP contribution in [0, 0.1) is 23.7 Å². The van der Waals surface area contributed by atoms with Crippen molar-refractivity contribution in [1.82, 2.24) is 68.8 Å². The van der Waals surface area contributed by atoms with Crippen molar-refractivity contribution in [3.63, 3.8) is 0 Å². The standard InChI is InChI=1S/C76H109N15O22/c1-37(2)28-48(77)65(101)84-53(30-39(5)6)72(108)90-62(40(7)8)74(110)80-41(9)64(100)83-52(29-38(3)4)68(104)87-56(34-61(98)99)71(107)86-55(32-44-20-22-46(94)23-21-44)70(106)89-58(36-92)73(109)81-50(24-26-59(78)95)67(103)91-63(42(10)93)75(111)82-51(25-27-60(96)97)66(102)85-54(31-43-16-12-11-13-17-43)69(105)88-57(76(112)113)33-45-35-79-49-19-15-14-18-47(45)49/h11-23,35,37-42,48,50-58,62-63,79,92-94H,24-34,36,77H2,1-10H3,(H2,78,95)(H,80,110)(H,81,109)(H,82,111)(H,83,100)(H,84,101)(H,85,102)(H,86,107)(H,87,104)(H,88,105)(H,89,106)(H,90,108)(H,91,103)(H,96,97)(H,98,99)(H,112,113)/t41-,42+,48-,50-,51-,52-,53-,54-,55-,56-,57-,58-,62-,63-/m0/s1. The minimum atomic E-state index is -2.08. The molecule has 0 aliphatic carbocycles. The molecule has 4 aromatic rings. The van der Waals surface area contributed by atoms with E-state index in [0.717, 1.165) is 6.92 Å². The van der Waals surface area contributed by atoms with Gasteiger partial charge < -0.3 is 111 Å². The van der Waals surface area contributed by atoms with Crippen LogP contribution in [0.5, 0.6) is 5.75 Å². The van der Waals surface area contributed by atoms with E-state index in [1.807, 2.05) is 27.7 Å². The molecule has 0 radical (unpaired) electrons. The summed E-state index contributed by atoms with van der Waals surface area (Å²) in [5, 5.41) is 91.3. The molecule has 0 fully saturated rings. The Morgan fingerprint density at radius 2 is 0.823 bits per heavy atom. The van der Waals surface area contributed by atoms with E-state index in [1.165, 1.54) is 31.2 Å². The van der Waals surface area contributed by atoms with Crippen LogP contribution in [0.3, 0.4) is 0 Å². The van der Waals surface area contributed by atoms with Crippen LogP contribution in [-0.2, 0) is 96.0 Å². The molecule has 37 nitrogen and oxygen atoms in total. The Kier molecular flexibility index (Phi) is 37.9. The highest BCUT2D eigenvalue weighted by molar-refractivity contribution is 6.01. The number of aliphatic hydroxyl groups excluding tert-OH is 2. The number of hydrogen-bond donors (Lipinski definition) is 21. The summed E-state index contributed by atoms with van der Waals surface area (Å²) in [6.45, 7) is 15.0. The molecule has 0 aliphatic heterocycles. The van der Waals surface area contributed by atoms with Crippen molar-refractivity contribution >= 4 is 106 Å². The summed E-state index contributed by atoms with van der Waals surface area (Å²) < 4.78 is 0. The van der Waals surface area contributed by atoms with Crippen LogP contribution in [0.1, 0.15) is 137 Å². The number of H-pyrrole nitrogens is 1. The third-order valence-electron chi connectivity index (χ3n) is 17.9. The molecule has 0 bridgehead atoms. The number of carbonyl (C=O) groups is 16. The number of aromatic hydroxyl groups is 1. The molecule has 0 aliphatic rings. The fraction of sp³-hybridized carbons (Fsp3) is 0.526. The van der Waals surface area contributed by atoms with E-state index < -0.39 is 230 Å². The summed E-state index contributed by atoms with van der Waals surface area (Å²) in [5.41, 5.74) is 13.4. The molecule has 1 heterocycles. The van der Waals surface area contributed by atoms with Crippen LogP contribution in [0.2, 0.25) is 0 Å². The number of rotatable bonds is 48. The van der Waals surface area contributed by atoms with E-state index in [-0.39, 0.29) is 54.7 Å². The number of aliphatic hydroxyl groups is 2. The fourth-order valence-corrected chi connectivity index (χ4v) is 11.8. The maximum atomic E-state index is 14.4. The van der Waals surface area contributed by atoms with E-state index >= 15 is 0 Å². The highest BCUT2D eigenvalue weighted by Gasteiger charge is 2.39. The average Bonchev–Trinajstić information content (AvgIpc) is 1.72. The smallest absolute Gasteiger partial charge is 0.326 e. The number of benzene rings is 3. The molecule has 13 amide bonds. The number of carbonyl (C=O) groups excluding carboxylic acids is 13. The highest BCUT2D eigenvalue weighted by atomic mass is 16.4. The summed E-state index contributed by atoms with van der Waals surface area (Å²) in [7, 11) is 0. The van der Waals surface area contributed by atoms with Crippen molar-refractivity contribution in [3.8, 4) is 5.75 Å². The monoisotopic (exact) mass is 1580 g/mol. The van der Waals surface area contributed by atoms with E-state index in [0.29, 0.717) is 28.5 Å². The Labute approximate surface area is 653 Å². The molecule has 1 aromatic heterocycles. The van der Waals surface area contributed by atoms with Gasteiger partial charge in [0.1, 0.15) is 78.3 Å². The molecule has 620 valence electrons. The van der Waals surface area contributed by atoms with Gasteiger partial charge in [0.15, 0.2) is 0 Å². The first-order valence-corrected chi connectivity index (χ1v) is 37.1. The van der Waals surface area contributed by atoms with Crippen molar-refractivity contribution in [2.45, 2.75) is 225 Å². The van der Waals surface area contributed by atoms with Crippen molar-refractivity contribution in [2.24, 2.45) is 35.1 Å². The SMILES string of the molecule is CC(C)C[C@H](NC(=O)[C@H](C)NC(=O)[C@@H](NC(=O)[C@H](CC(C)C)NC(=O)[C@@H](N)CC(C)C)C(C)C)C(=O)N[C@@H](CC(=O)O)C(=O)N[C@@H](Cc1ccc(O)cc1)C(=O)N[C@@H](CO)C(=O)N[C@@H](CCC(N)=O)C(=O)N[C@H](C(=O)N[C@@H](CCC(=O)O)C(=O)N[C@@H](Cc1ccccc1)C(=O)N[C@@H](Cc1c[nH]c2ccccc12)C(=O)O)[C@@H](C)O. The number of para-hydroxylation sites is 1. The molecular weight excluding hydrogens is 1470 g/mol. The summed E-state index contributed by atoms with van der Waals surface area (Å²) in [6, 6.07) is -0.992. The minimum Gasteiger partial charge on any atom is -0.508 e. The largest absolute Gasteiger partial charge is 0.508 e. The molecule has 23 N–H and O–H groups in total. The van der Waals surface area contributed by atoms with Crippen LogP contribution < -0.4 is 75.3 Å². The van der Waals surface area contributed by atoms with E-state index in [2.05, 4.69) is 68.8 Å². The number of nitrogens with one attached hydrogen (secondary N) is 13. The summed E-state index contributed by atoms with van der Waals surface area (Å²) >= 11 is 0. The van der Waals surface area contributed by atoms with Gasteiger partial charge >= 0.3 is 17.9 Å². The number of nitrogens with two attached hydrogens (primary N) is 2. The van der Waals surface area contributed by atoms with Gasteiger partial charge in [0, 0.05) is 49.2 Å². The highest BCUT2D eigenvalue weighted by Crippen LogP contribution is 2.21. The molecule has 14 atom stereocenters. The zero-order valence-corrected chi connectivity index (χ0v) is 64.8. The molecule has 3 aromatic carbocycles. The fourth-order valence-electron chi connectivity index (χ4n) is 11.8. The lowest BCUT2D eigenvalue weighted by Gasteiger charge is -2.29. The lowest BCUT2D eigenvalue weighted by atomic mass is 9.98. The number of aromatic amines is 1. The van der Waals surface area contributed by atoms with Crippen molar-refractivity contribution < 1.29 is 107 Å². The van der Waals surface area contributed by atoms with E-state index in [1.54, 1.807) is 88.5 Å². The third kappa shape index (κ3) is 32.0. The van der Waals surface area contributed by atoms with Crippen molar-refractivity contribution in [1.29, 1.82) is 0 Å². The average molecular weight is 1580 g/mol. The quantitative estimate of drug-likeness (QED) is 0.0226. The predicted octanol–water partition coefficient (Wildman–Crippen LogP) is -2.08. The molecule has 4 rings (SSSR count). The first-order chi connectivity index (χ1) is 53.1. The molecular formula is C76H109N15O22. The summed E-state index contributed by atoms with van der Waals surface area (Å²) in [5.74, 6) is -19.8. The summed E-state index contributed by atoms with van der Waals surface area (Å²) in [4.78, 5) is 221. The van der Waals surface area contributed by atoms with Crippen LogP contribution in [0.15, 0.2) is 85.1 Å². The Balaban J connectivity index is 1.56. The zero-order valence-electron chi connectivity index (χ0n) is 64.8. The van der Waals surface area contributed by atoms with Crippen molar-refractivity contribution in [2.75, 3.05) is 6.61 Å². The number of phenolic OH excluding ortho intramolecular Hbond substituents is 1.